The van der Waals surface area contributed by atoms with Gasteiger partial charge in [0.25, 0.3) is 0 Å². The highest BCUT2D eigenvalue weighted by atomic mass is 15.2. The second kappa shape index (κ2) is 5.70. The number of rotatable bonds is 4. The van der Waals surface area contributed by atoms with E-state index in [9.17, 15) is 0 Å². The minimum absolute atomic E-state index is 0.377. The van der Waals surface area contributed by atoms with Crippen LogP contribution in [0, 0.1) is 0 Å². The lowest BCUT2D eigenvalue weighted by Gasteiger charge is -2.37. The van der Waals surface area contributed by atoms with Gasteiger partial charge in [-0.1, -0.05) is 18.2 Å². The number of fused-ring (bicyclic) bond motifs is 2. The molecule has 0 bridgehead atoms. The number of para-hydroxylation sites is 1. The van der Waals surface area contributed by atoms with E-state index in [0.717, 1.165) is 34.9 Å². The van der Waals surface area contributed by atoms with E-state index >= 15 is 0 Å². The summed E-state index contributed by atoms with van der Waals surface area (Å²) in [6, 6.07) is 8.87. The monoisotopic (exact) mass is 357 g/mol. The van der Waals surface area contributed by atoms with Gasteiger partial charge < -0.3 is 9.88 Å². The molecule has 0 radical (unpaired) electrons. The summed E-state index contributed by atoms with van der Waals surface area (Å²) in [5.41, 5.74) is 2.85. The van der Waals surface area contributed by atoms with E-state index in [1.807, 2.05) is 36.7 Å². The van der Waals surface area contributed by atoms with E-state index in [2.05, 4.69) is 29.8 Å². The number of imidazole rings is 1. The van der Waals surface area contributed by atoms with Gasteiger partial charge in [-0.25, -0.2) is 24.9 Å². The molecule has 1 aromatic carbocycles. The van der Waals surface area contributed by atoms with E-state index in [1.165, 1.54) is 18.7 Å². The molecule has 1 N–H and O–H groups in total. The van der Waals surface area contributed by atoms with Crippen molar-refractivity contribution in [2.24, 2.45) is 0 Å². The van der Waals surface area contributed by atoms with Crippen molar-refractivity contribution >= 4 is 28.0 Å². The van der Waals surface area contributed by atoms with Crippen molar-refractivity contribution in [1.82, 2.24) is 29.5 Å². The van der Waals surface area contributed by atoms with Crippen molar-refractivity contribution in [2.75, 3.05) is 5.32 Å². The second-order valence-electron chi connectivity index (χ2n) is 7.56. The second-order valence-corrected chi connectivity index (χ2v) is 7.56. The third kappa shape index (κ3) is 2.53. The van der Waals surface area contributed by atoms with Crippen molar-refractivity contribution in [2.45, 2.75) is 43.7 Å². The molecule has 0 atom stereocenters. The van der Waals surface area contributed by atoms with Crippen molar-refractivity contribution in [3.63, 3.8) is 0 Å². The van der Waals surface area contributed by atoms with Crippen LogP contribution in [0.5, 0.6) is 0 Å². The van der Waals surface area contributed by atoms with Gasteiger partial charge >= 0.3 is 0 Å². The van der Waals surface area contributed by atoms with E-state index in [-0.39, 0.29) is 0 Å². The van der Waals surface area contributed by atoms with Gasteiger partial charge in [-0.3, -0.25) is 0 Å². The Balaban J connectivity index is 1.23. The molecule has 4 aromatic rings. The molecular formula is C20H19N7. The molecule has 2 saturated carbocycles. The third-order valence-corrected chi connectivity index (χ3v) is 5.63. The summed E-state index contributed by atoms with van der Waals surface area (Å²) in [5.74, 6) is 2.49. The van der Waals surface area contributed by atoms with Crippen molar-refractivity contribution in [1.29, 1.82) is 0 Å². The molecule has 0 unspecified atom stereocenters. The van der Waals surface area contributed by atoms with Crippen LogP contribution in [0.2, 0.25) is 0 Å². The summed E-state index contributed by atoms with van der Waals surface area (Å²) in [7, 11) is 0. The number of anilines is 1. The number of benzene rings is 1. The smallest absolute Gasteiger partial charge is 0.223 e. The molecule has 0 aliphatic heterocycles. The molecule has 27 heavy (non-hydrogen) atoms. The zero-order chi connectivity index (χ0) is 17.8. The fourth-order valence-corrected chi connectivity index (χ4v) is 4.00. The number of aromatic nitrogens is 6. The first kappa shape index (κ1) is 15.0. The number of hydrogen-bond donors (Lipinski definition) is 1. The van der Waals surface area contributed by atoms with Gasteiger partial charge in [0.15, 0.2) is 5.65 Å². The van der Waals surface area contributed by atoms with Gasteiger partial charge in [0.1, 0.15) is 17.7 Å². The van der Waals surface area contributed by atoms with Crippen LogP contribution in [0.4, 0.5) is 5.95 Å². The molecule has 2 aliphatic carbocycles. The van der Waals surface area contributed by atoms with E-state index in [0.29, 0.717) is 23.9 Å². The Kier molecular flexibility index (Phi) is 3.17. The molecular weight excluding hydrogens is 338 g/mol. The highest BCUT2D eigenvalue weighted by Crippen LogP contribution is 2.45. The van der Waals surface area contributed by atoms with Crippen LogP contribution in [-0.2, 0) is 0 Å². The number of nitrogens with one attached hydrogen (secondary N) is 1. The highest BCUT2D eigenvalue weighted by molar-refractivity contribution is 5.78. The van der Waals surface area contributed by atoms with Crippen LogP contribution in [0.15, 0.2) is 43.0 Å². The van der Waals surface area contributed by atoms with E-state index in [4.69, 9.17) is 4.98 Å². The normalized spacial score (nSPS) is 22.1. The molecule has 2 fully saturated rings. The Hall–Kier alpha value is -3.09. The summed E-state index contributed by atoms with van der Waals surface area (Å²) in [5, 5.41) is 4.55. The zero-order valence-electron chi connectivity index (χ0n) is 14.8. The van der Waals surface area contributed by atoms with Crippen LogP contribution in [0.1, 0.15) is 43.5 Å². The van der Waals surface area contributed by atoms with Gasteiger partial charge in [0.2, 0.25) is 5.95 Å². The molecule has 3 aromatic heterocycles. The standard InChI is InChI=1S/C20H19N7/c1-2-4-16-13(3-1)9-22-20(26-16)24-14-7-15(8-14)27-18(12-5-6-12)25-17-10-21-11-23-19(17)27/h1-4,9-12,14-15H,5-8H2,(H,22,24,26)/t14-,15-. The average molecular weight is 357 g/mol. The van der Waals surface area contributed by atoms with Crippen LogP contribution in [0.25, 0.3) is 22.1 Å². The Morgan fingerprint density at radius 3 is 2.74 bits per heavy atom. The van der Waals surface area contributed by atoms with Gasteiger partial charge in [-0.15, -0.1) is 0 Å². The Bertz CT molecular complexity index is 1140. The zero-order valence-corrected chi connectivity index (χ0v) is 14.8. The van der Waals surface area contributed by atoms with Gasteiger partial charge in [0.05, 0.1) is 11.7 Å². The molecule has 2 aliphatic rings. The summed E-state index contributed by atoms with van der Waals surface area (Å²) >= 11 is 0. The van der Waals surface area contributed by atoms with Gasteiger partial charge in [-0.2, -0.15) is 0 Å². The summed E-state index contributed by atoms with van der Waals surface area (Å²) < 4.78 is 2.36. The first-order valence-corrected chi connectivity index (χ1v) is 9.51. The van der Waals surface area contributed by atoms with Crippen LogP contribution < -0.4 is 5.32 Å². The maximum absolute atomic E-state index is 4.81. The summed E-state index contributed by atoms with van der Waals surface area (Å²) in [6.45, 7) is 0. The van der Waals surface area contributed by atoms with E-state index < -0.39 is 0 Å². The van der Waals surface area contributed by atoms with E-state index in [1.54, 1.807) is 6.33 Å². The van der Waals surface area contributed by atoms with Gasteiger partial charge in [-0.05, 0) is 31.7 Å². The largest absolute Gasteiger partial charge is 0.351 e. The lowest BCUT2D eigenvalue weighted by Crippen LogP contribution is -2.38. The SMILES string of the molecule is c1ccc2nc(N[C@H]3C[C@H](n4c(C5CC5)nc5cncnc54)C3)ncc2c1. The van der Waals surface area contributed by atoms with Crippen molar-refractivity contribution < 1.29 is 0 Å². The lowest BCUT2D eigenvalue weighted by molar-refractivity contribution is 0.281. The Labute approximate surface area is 155 Å². The summed E-state index contributed by atoms with van der Waals surface area (Å²) in [6.07, 6.45) is 9.85. The molecule has 134 valence electrons. The van der Waals surface area contributed by atoms with Crippen LogP contribution >= 0.6 is 0 Å². The average Bonchev–Trinajstić information content (AvgIpc) is 3.45. The van der Waals surface area contributed by atoms with Crippen molar-refractivity contribution in [3.8, 4) is 0 Å². The quantitative estimate of drug-likeness (QED) is 0.602. The molecule has 0 spiro atoms. The van der Waals surface area contributed by atoms with Crippen molar-refractivity contribution in [3.05, 3.63) is 48.8 Å². The number of nitrogens with zero attached hydrogens (tertiary/aromatic N) is 6. The van der Waals surface area contributed by atoms with Crippen LogP contribution in [0.3, 0.4) is 0 Å². The molecule has 7 heteroatoms. The molecule has 6 rings (SSSR count). The molecule has 7 nitrogen and oxygen atoms in total. The molecule has 0 saturated heterocycles. The number of hydrogen-bond acceptors (Lipinski definition) is 6. The van der Waals surface area contributed by atoms with Crippen LogP contribution in [-0.4, -0.2) is 35.5 Å². The summed E-state index contributed by atoms with van der Waals surface area (Å²) in [4.78, 5) is 22.5. The molecule has 0 amide bonds. The fraction of sp³-hybridized carbons (Fsp3) is 0.350. The first-order chi connectivity index (χ1) is 13.3. The maximum atomic E-state index is 4.81. The van der Waals surface area contributed by atoms with Gasteiger partial charge in [0, 0.05) is 29.6 Å². The fourth-order valence-electron chi connectivity index (χ4n) is 4.00. The highest BCUT2D eigenvalue weighted by Gasteiger charge is 2.37. The first-order valence-electron chi connectivity index (χ1n) is 9.51. The Morgan fingerprint density at radius 1 is 0.963 bits per heavy atom. The topological polar surface area (TPSA) is 81.4 Å². The minimum atomic E-state index is 0.377. The molecule has 3 heterocycles. The third-order valence-electron chi connectivity index (χ3n) is 5.63. The Morgan fingerprint density at radius 2 is 1.85 bits per heavy atom. The maximum Gasteiger partial charge on any atom is 0.223 e. The predicted molar refractivity (Wildman–Crippen MR) is 103 cm³/mol. The predicted octanol–water partition coefficient (Wildman–Crippen LogP) is 3.46. The minimum Gasteiger partial charge on any atom is -0.351 e. The lowest BCUT2D eigenvalue weighted by atomic mass is 9.86.